The molecular weight excluding hydrogens is 297 g/mol. The summed E-state index contributed by atoms with van der Waals surface area (Å²) < 4.78 is 13.3. The number of carbonyl (C=O) groups is 1. The van der Waals surface area contributed by atoms with Gasteiger partial charge >= 0.3 is 6.03 Å². The number of hydrogen-bond donors (Lipinski definition) is 2. The lowest BCUT2D eigenvalue weighted by molar-refractivity contribution is 0.176. The third kappa shape index (κ3) is 4.58. The first-order chi connectivity index (χ1) is 11.0. The fourth-order valence-electron chi connectivity index (χ4n) is 3.08. The first-order valence-corrected chi connectivity index (χ1v) is 8.22. The molecule has 1 aliphatic rings. The summed E-state index contributed by atoms with van der Waals surface area (Å²) in [6, 6.07) is 4.75. The number of carbonyl (C=O) groups excluding carboxylic acids is 1. The smallest absolute Gasteiger partial charge is 0.317 e. The number of halogens is 1. The molecule has 23 heavy (non-hydrogen) atoms. The number of nitrogens with one attached hydrogen (secondary N) is 1. The Morgan fingerprint density at radius 3 is 2.96 bits per heavy atom. The van der Waals surface area contributed by atoms with Crippen LogP contribution in [0.1, 0.15) is 25.3 Å². The van der Waals surface area contributed by atoms with Gasteiger partial charge in [-0.05, 0) is 50.5 Å². The Morgan fingerprint density at radius 2 is 2.30 bits per heavy atom. The molecular formula is C17H26FN3O2. The summed E-state index contributed by atoms with van der Waals surface area (Å²) in [7, 11) is 0. The fourth-order valence-corrected chi connectivity index (χ4v) is 3.08. The lowest BCUT2D eigenvalue weighted by Crippen LogP contribution is -2.52. The normalized spacial score (nSPS) is 17.9. The van der Waals surface area contributed by atoms with E-state index < -0.39 is 0 Å². The van der Waals surface area contributed by atoms with Crippen LogP contribution in [-0.2, 0) is 0 Å². The van der Waals surface area contributed by atoms with E-state index in [0.717, 1.165) is 37.2 Å². The van der Waals surface area contributed by atoms with Crippen molar-refractivity contribution in [1.29, 1.82) is 0 Å². The molecule has 0 aliphatic carbocycles. The Balaban J connectivity index is 1.99. The van der Waals surface area contributed by atoms with Gasteiger partial charge in [0.2, 0.25) is 0 Å². The number of nitrogens with zero attached hydrogens (tertiary/aromatic N) is 2. The van der Waals surface area contributed by atoms with E-state index in [0.29, 0.717) is 13.1 Å². The molecule has 1 fully saturated rings. The predicted molar refractivity (Wildman–Crippen MR) is 89.2 cm³/mol. The van der Waals surface area contributed by atoms with E-state index in [1.54, 1.807) is 11.0 Å². The van der Waals surface area contributed by atoms with Crippen molar-refractivity contribution in [3.63, 3.8) is 0 Å². The highest BCUT2D eigenvalue weighted by Crippen LogP contribution is 2.24. The number of hydrogen-bond acceptors (Lipinski definition) is 3. The van der Waals surface area contributed by atoms with E-state index in [-0.39, 0.29) is 24.5 Å². The van der Waals surface area contributed by atoms with Crippen LogP contribution < -0.4 is 10.2 Å². The lowest BCUT2D eigenvalue weighted by atomic mass is 10.0. The lowest BCUT2D eigenvalue weighted by Gasteiger charge is -2.36. The fraction of sp³-hybridized carbons (Fsp3) is 0.588. The number of aryl methyl sites for hydroxylation is 1. The standard InChI is InChI=1S/C17H26FN3O2/c1-3-20(9-10-22)17(23)19-15-5-4-8-21(12-15)16-7-6-14(18)11-13(16)2/h6-7,11,15,22H,3-5,8-10,12H2,1-2H3,(H,19,23). The Bertz CT molecular complexity index is 539. The van der Waals surface area contributed by atoms with Crippen molar-refractivity contribution in [3.05, 3.63) is 29.6 Å². The minimum atomic E-state index is -0.226. The zero-order valence-electron chi connectivity index (χ0n) is 13.9. The van der Waals surface area contributed by atoms with Gasteiger partial charge in [0.25, 0.3) is 0 Å². The second-order valence-corrected chi connectivity index (χ2v) is 5.97. The molecule has 2 N–H and O–H groups in total. The second kappa shape index (κ2) is 8.15. The molecule has 1 aromatic carbocycles. The van der Waals surface area contributed by atoms with E-state index in [1.807, 2.05) is 13.8 Å². The number of benzene rings is 1. The number of rotatable bonds is 5. The summed E-state index contributed by atoms with van der Waals surface area (Å²) in [6.45, 7) is 6.30. The third-order valence-electron chi connectivity index (χ3n) is 4.29. The van der Waals surface area contributed by atoms with Crippen LogP contribution in [0.4, 0.5) is 14.9 Å². The molecule has 128 valence electrons. The number of piperidine rings is 1. The summed E-state index contributed by atoms with van der Waals surface area (Å²) in [5.41, 5.74) is 1.93. The first kappa shape index (κ1) is 17.5. The Morgan fingerprint density at radius 1 is 1.52 bits per heavy atom. The molecule has 1 aromatic rings. The van der Waals surface area contributed by atoms with Crippen molar-refractivity contribution in [2.24, 2.45) is 0 Å². The molecule has 1 unspecified atom stereocenters. The number of aliphatic hydroxyl groups excluding tert-OH is 1. The van der Waals surface area contributed by atoms with Crippen LogP contribution in [-0.4, -0.2) is 54.9 Å². The summed E-state index contributed by atoms with van der Waals surface area (Å²) >= 11 is 0. The van der Waals surface area contributed by atoms with E-state index >= 15 is 0 Å². The Hall–Kier alpha value is -1.82. The molecule has 5 nitrogen and oxygen atoms in total. The van der Waals surface area contributed by atoms with Crippen LogP contribution in [0.3, 0.4) is 0 Å². The molecule has 1 aliphatic heterocycles. The molecule has 0 saturated carbocycles. The van der Waals surface area contributed by atoms with Crippen molar-refractivity contribution < 1.29 is 14.3 Å². The third-order valence-corrected chi connectivity index (χ3v) is 4.29. The first-order valence-electron chi connectivity index (χ1n) is 8.22. The number of urea groups is 1. The van der Waals surface area contributed by atoms with Crippen LogP contribution >= 0.6 is 0 Å². The van der Waals surface area contributed by atoms with Gasteiger partial charge in [-0.2, -0.15) is 0 Å². The molecule has 0 aromatic heterocycles. The summed E-state index contributed by atoms with van der Waals surface area (Å²) in [4.78, 5) is 16.0. The van der Waals surface area contributed by atoms with Gasteiger partial charge < -0.3 is 20.2 Å². The van der Waals surface area contributed by atoms with Gasteiger partial charge in [-0.1, -0.05) is 0 Å². The average molecular weight is 323 g/mol. The maximum absolute atomic E-state index is 13.3. The second-order valence-electron chi connectivity index (χ2n) is 5.97. The molecule has 0 bridgehead atoms. The van der Waals surface area contributed by atoms with Gasteiger partial charge in [-0.3, -0.25) is 0 Å². The SMILES string of the molecule is CCN(CCO)C(=O)NC1CCCN(c2ccc(F)cc2C)C1. The summed E-state index contributed by atoms with van der Waals surface area (Å²) in [5.74, 6) is -0.226. The van der Waals surface area contributed by atoms with Crippen molar-refractivity contribution in [2.75, 3.05) is 37.7 Å². The zero-order chi connectivity index (χ0) is 16.8. The van der Waals surface area contributed by atoms with Crippen LogP contribution in [0.25, 0.3) is 0 Å². The molecule has 2 rings (SSSR count). The van der Waals surface area contributed by atoms with Crippen LogP contribution in [0.15, 0.2) is 18.2 Å². The Kier molecular flexibility index (Phi) is 6.21. The van der Waals surface area contributed by atoms with E-state index in [2.05, 4.69) is 10.2 Å². The molecule has 6 heteroatoms. The quantitative estimate of drug-likeness (QED) is 0.873. The van der Waals surface area contributed by atoms with E-state index in [9.17, 15) is 9.18 Å². The number of likely N-dealkylation sites (N-methyl/N-ethyl adjacent to an activating group) is 1. The molecule has 1 atom stereocenters. The predicted octanol–water partition coefficient (Wildman–Crippen LogP) is 2.13. The molecule has 1 saturated heterocycles. The van der Waals surface area contributed by atoms with Crippen molar-refractivity contribution in [1.82, 2.24) is 10.2 Å². The number of anilines is 1. The minimum Gasteiger partial charge on any atom is -0.395 e. The number of aliphatic hydroxyl groups is 1. The average Bonchev–Trinajstić information content (AvgIpc) is 2.52. The van der Waals surface area contributed by atoms with Crippen molar-refractivity contribution >= 4 is 11.7 Å². The van der Waals surface area contributed by atoms with Gasteiger partial charge in [-0.25, -0.2) is 9.18 Å². The summed E-state index contributed by atoms with van der Waals surface area (Å²) in [6.07, 6.45) is 1.91. The van der Waals surface area contributed by atoms with Gasteiger partial charge in [0.15, 0.2) is 0 Å². The van der Waals surface area contributed by atoms with Crippen LogP contribution in [0.2, 0.25) is 0 Å². The zero-order valence-corrected chi connectivity index (χ0v) is 13.9. The maximum Gasteiger partial charge on any atom is 0.317 e. The highest BCUT2D eigenvalue weighted by molar-refractivity contribution is 5.74. The maximum atomic E-state index is 13.3. The van der Waals surface area contributed by atoms with E-state index in [1.165, 1.54) is 12.1 Å². The number of amides is 2. The van der Waals surface area contributed by atoms with Gasteiger partial charge in [0, 0.05) is 37.9 Å². The van der Waals surface area contributed by atoms with Crippen LogP contribution in [0, 0.1) is 12.7 Å². The minimum absolute atomic E-state index is 0.0349. The van der Waals surface area contributed by atoms with Crippen molar-refractivity contribution in [2.45, 2.75) is 32.7 Å². The van der Waals surface area contributed by atoms with Gasteiger partial charge in [0.05, 0.1) is 6.61 Å². The van der Waals surface area contributed by atoms with E-state index in [4.69, 9.17) is 5.11 Å². The topological polar surface area (TPSA) is 55.8 Å². The summed E-state index contributed by atoms with van der Waals surface area (Å²) in [5, 5.41) is 12.1. The molecule has 2 amide bonds. The largest absolute Gasteiger partial charge is 0.395 e. The van der Waals surface area contributed by atoms with Crippen LogP contribution in [0.5, 0.6) is 0 Å². The van der Waals surface area contributed by atoms with Gasteiger partial charge in [0.1, 0.15) is 5.82 Å². The highest BCUT2D eigenvalue weighted by Gasteiger charge is 2.24. The Labute approximate surface area is 137 Å². The van der Waals surface area contributed by atoms with Gasteiger partial charge in [-0.15, -0.1) is 0 Å². The molecule has 1 heterocycles. The monoisotopic (exact) mass is 323 g/mol. The molecule has 0 radical (unpaired) electrons. The van der Waals surface area contributed by atoms with Crippen molar-refractivity contribution in [3.8, 4) is 0 Å². The molecule has 0 spiro atoms. The highest BCUT2D eigenvalue weighted by atomic mass is 19.1.